The summed E-state index contributed by atoms with van der Waals surface area (Å²) in [7, 11) is 0. The summed E-state index contributed by atoms with van der Waals surface area (Å²) < 4.78 is 0. The Morgan fingerprint density at radius 2 is 2.29 bits per heavy atom. The Bertz CT molecular complexity index is 447. The Morgan fingerprint density at radius 1 is 1.50 bits per heavy atom. The van der Waals surface area contributed by atoms with E-state index in [1.54, 1.807) is 12.1 Å². The number of rotatable bonds is 2. The lowest BCUT2D eigenvalue weighted by molar-refractivity contribution is 0.476. The largest absolute Gasteiger partial charge is 0.508 e. The Balaban J connectivity index is 2.61. The number of hydrogen-bond acceptors (Lipinski definition) is 2. The van der Waals surface area contributed by atoms with Gasteiger partial charge >= 0.3 is 0 Å². The van der Waals surface area contributed by atoms with Crippen molar-refractivity contribution in [3.05, 3.63) is 30.0 Å². The molecule has 0 spiro atoms. The molecule has 4 N–H and O–H groups in total. The molecular formula is C11H14N2O. The van der Waals surface area contributed by atoms with Crippen LogP contribution in [0.1, 0.15) is 18.4 Å². The molecule has 0 aliphatic heterocycles. The summed E-state index contributed by atoms with van der Waals surface area (Å²) in [6.07, 6.45) is 1.96. The number of phenolic OH excluding ortho intramolecular Hbond substituents is 1. The second-order valence-electron chi connectivity index (χ2n) is 3.61. The first kappa shape index (κ1) is 9.09. The molecule has 0 aliphatic rings. The zero-order chi connectivity index (χ0) is 10.1. The van der Waals surface area contributed by atoms with E-state index in [-0.39, 0.29) is 0 Å². The highest BCUT2D eigenvalue weighted by atomic mass is 16.3. The molecule has 0 radical (unpaired) electrons. The van der Waals surface area contributed by atoms with Gasteiger partial charge in [0.2, 0.25) is 0 Å². The summed E-state index contributed by atoms with van der Waals surface area (Å²) in [4.78, 5) is 3.16. The zero-order valence-corrected chi connectivity index (χ0v) is 8.12. The van der Waals surface area contributed by atoms with Gasteiger partial charge in [-0.1, -0.05) is 6.92 Å². The maximum absolute atomic E-state index is 9.38. The highest BCUT2D eigenvalue weighted by Crippen LogP contribution is 2.27. The number of H-pyrrole nitrogens is 1. The van der Waals surface area contributed by atoms with Crippen molar-refractivity contribution in [1.29, 1.82) is 0 Å². The minimum absolute atomic E-state index is 0.294. The molecule has 1 aromatic carbocycles. The topological polar surface area (TPSA) is 62.0 Å². The lowest BCUT2D eigenvalue weighted by Gasteiger charge is -2.06. The monoisotopic (exact) mass is 190 g/mol. The van der Waals surface area contributed by atoms with E-state index in [1.165, 1.54) is 5.56 Å². The lowest BCUT2D eigenvalue weighted by Crippen LogP contribution is -2.08. The van der Waals surface area contributed by atoms with Gasteiger partial charge in [0, 0.05) is 17.1 Å². The van der Waals surface area contributed by atoms with Gasteiger partial charge in [-0.3, -0.25) is 0 Å². The summed E-state index contributed by atoms with van der Waals surface area (Å²) in [6, 6.07) is 5.32. The van der Waals surface area contributed by atoms with Gasteiger partial charge in [-0.15, -0.1) is 0 Å². The second kappa shape index (κ2) is 3.35. The van der Waals surface area contributed by atoms with Crippen LogP contribution in [0.25, 0.3) is 10.9 Å². The van der Waals surface area contributed by atoms with Crippen LogP contribution < -0.4 is 5.73 Å². The minimum atomic E-state index is 0.294. The molecule has 0 saturated carbocycles. The number of aromatic amines is 1. The van der Waals surface area contributed by atoms with Gasteiger partial charge in [-0.05, 0) is 36.2 Å². The summed E-state index contributed by atoms with van der Waals surface area (Å²) in [5, 5.41) is 10.4. The van der Waals surface area contributed by atoms with Crippen molar-refractivity contribution >= 4 is 10.9 Å². The van der Waals surface area contributed by atoms with Gasteiger partial charge in [0.15, 0.2) is 0 Å². The number of phenols is 1. The second-order valence-corrected chi connectivity index (χ2v) is 3.61. The van der Waals surface area contributed by atoms with Crippen LogP contribution in [0.5, 0.6) is 5.75 Å². The minimum Gasteiger partial charge on any atom is -0.508 e. The number of nitrogens with two attached hydrogens (primary N) is 1. The van der Waals surface area contributed by atoms with Crippen LogP contribution in [-0.2, 0) is 0 Å². The predicted octanol–water partition coefficient (Wildman–Crippen LogP) is 1.94. The SMILES string of the molecule is C[C@H](CN)c1c[nH]c2ccc(O)cc12. The Labute approximate surface area is 82.6 Å². The Hall–Kier alpha value is -1.48. The fourth-order valence-corrected chi connectivity index (χ4v) is 1.66. The van der Waals surface area contributed by atoms with Gasteiger partial charge < -0.3 is 15.8 Å². The third-order valence-electron chi connectivity index (χ3n) is 2.58. The van der Waals surface area contributed by atoms with E-state index < -0.39 is 0 Å². The number of aromatic hydroxyl groups is 1. The smallest absolute Gasteiger partial charge is 0.116 e. The van der Waals surface area contributed by atoms with E-state index in [0.29, 0.717) is 18.2 Å². The van der Waals surface area contributed by atoms with Gasteiger partial charge in [0.1, 0.15) is 5.75 Å². The summed E-state index contributed by atoms with van der Waals surface area (Å²) in [5.41, 5.74) is 7.82. The molecule has 0 unspecified atom stereocenters. The van der Waals surface area contributed by atoms with Crippen molar-refractivity contribution in [2.75, 3.05) is 6.54 Å². The van der Waals surface area contributed by atoms with Gasteiger partial charge in [0.25, 0.3) is 0 Å². The third-order valence-corrected chi connectivity index (χ3v) is 2.58. The molecular weight excluding hydrogens is 176 g/mol. The molecule has 0 saturated heterocycles. The molecule has 0 aliphatic carbocycles. The lowest BCUT2D eigenvalue weighted by atomic mass is 10.0. The summed E-state index contributed by atoms with van der Waals surface area (Å²) in [6.45, 7) is 2.69. The van der Waals surface area contributed by atoms with E-state index >= 15 is 0 Å². The molecule has 74 valence electrons. The number of aromatic nitrogens is 1. The molecule has 2 aromatic rings. The van der Waals surface area contributed by atoms with Crippen LogP contribution in [0.2, 0.25) is 0 Å². The van der Waals surface area contributed by atoms with Crippen LogP contribution in [0.3, 0.4) is 0 Å². The summed E-state index contributed by atoms with van der Waals surface area (Å²) in [5.74, 6) is 0.605. The number of nitrogens with one attached hydrogen (secondary N) is 1. The average Bonchev–Trinajstić information content (AvgIpc) is 2.59. The standard InChI is InChI=1S/C11H14N2O/c1-7(5-12)10-6-13-11-3-2-8(14)4-9(10)11/h2-4,6-7,13-14H,5,12H2,1H3/t7-/m1/s1. The van der Waals surface area contributed by atoms with Crippen LogP contribution in [0.15, 0.2) is 24.4 Å². The number of hydrogen-bond donors (Lipinski definition) is 3. The van der Waals surface area contributed by atoms with Gasteiger partial charge in [0.05, 0.1) is 0 Å². The maximum Gasteiger partial charge on any atom is 0.116 e. The van der Waals surface area contributed by atoms with Crippen molar-refractivity contribution in [3.8, 4) is 5.75 Å². The van der Waals surface area contributed by atoms with Crippen molar-refractivity contribution < 1.29 is 5.11 Å². The quantitative estimate of drug-likeness (QED) is 0.677. The van der Waals surface area contributed by atoms with E-state index in [4.69, 9.17) is 5.73 Å². The van der Waals surface area contributed by atoms with Gasteiger partial charge in [-0.25, -0.2) is 0 Å². The Morgan fingerprint density at radius 3 is 3.00 bits per heavy atom. The molecule has 0 amide bonds. The highest BCUT2D eigenvalue weighted by Gasteiger charge is 2.09. The summed E-state index contributed by atoms with van der Waals surface area (Å²) >= 11 is 0. The molecule has 2 rings (SSSR count). The van der Waals surface area contributed by atoms with Crippen LogP contribution in [-0.4, -0.2) is 16.6 Å². The Kier molecular flexibility index (Phi) is 2.17. The van der Waals surface area contributed by atoms with E-state index in [0.717, 1.165) is 10.9 Å². The van der Waals surface area contributed by atoms with E-state index in [9.17, 15) is 5.11 Å². The third kappa shape index (κ3) is 1.36. The van der Waals surface area contributed by atoms with E-state index in [1.807, 2.05) is 12.3 Å². The molecule has 3 heteroatoms. The first-order chi connectivity index (χ1) is 6.72. The maximum atomic E-state index is 9.38. The molecule has 1 atom stereocenters. The molecule has 1 aromatic heterocycles. The number of benzene rings is 1. The molecule has 1 heterocycles. The van der Waals surface area contributed by atoms with Gasteiger partial charge in [-0.2, -0.15) is 0 Å². The van der Waals surface area contributed by atoms with Crippen molar-refractivity contribution in [2.24, 2.45) is 5.73 Å². The number of fused-ring (bicyclic) bond motifs is 1. The van der Waals surface area contributed by atoms with Crippen LogP contribution >= 0.6 is 0 Å². The zero-order valence-electron chi connectivity index (χ0n) is 8.12. The van der Waals surface area contributed by atoms with E-state index in [2.05, 4.69) is 11.9 Å². The van der Waals surface area contributed by atoms with Crippen molar-refractivity contribution in [1.82, 2.24) is 4.98 Å². The average molecular weight is 190 g/mol. The van der Waals surface area contributed by atoms with Crippen molar-refractivity contribution in [2.45, 2.75) is 12.8 Å². The first-order valence-corrected chi connectivity index (χ1v) is 4.72. The fourth-order valence-electron chi connectivity index (χ4n) is 1.66. The normalized spacial score (nSPS) is 13.3. The molecule has 3 nitrogen and oxygen atoms in total. The molecule has 0 bridgehead atoms. The van der Waals surface area contributed by atoms with Crippen LogP contribution in [0.4, 0.5) is 0 Å². The predicted molar refractivity (Wildman–Crippen MR) is 57.4 cm³/mol. The van der Waals surface area contributed by atoms with Crippen LogP contribution in [0, 0.1) is 0 Å². The highest BCUT2D eigenvalue weighted by molar-refractivity contribution is 5.85. The van der Waals surface area contributed by atoms with Crippen molar-refractivity contribution in [3.63, 3.8) is 0 Å². The first-order valence-electron chi connectivity index (χ1n) is 4.72. The molecule has 0 fully saturated rings. The fraction of sp³-hybridized carbons (Fsp3) is 0.273. The molecule has 14 heavy (non-hydrogen) atoms.